The van der Waals surface area contributed by atoms with Gasteiger partial charge >= 0.3 is 5.97 Å². The number of aliphatic carboxylic acids is 1. The van der Waals surface area contributed by atoms with Crippen LogP contribution in [0.4, 0.5) is 0 Å². The van der Waals surface area contributed by atoms with Gasteiger partial charge in [-0.2, -0.15) is 0 Å². The van der Waals surface area contributed by atoms with E-state index in [-0.39, 0.29) is 6.42 Å². The van der Waals surface area contributed by atoms with Gasteiger partial charge in [0.25, 0.3) is 0 Å². The summed E-state index contributed by atoms with van der Waals surface area (Å²) in [6.07, 6.45) is 2.64. The lowest BCUT2D eigenvalue weighted by Crippen LogP contribution is -1.99. The molecule has 0 radical (unpaired) electrons. The molecule has 0 saturated carbocycles. The summed E-state index contributed by atoms with van der Waals surface area (Å²) in [6, 6.07) is 13.4. The third kappa shape index (κ3) is 4.65. The van der Waals surface area contributed by atoms with Crippen LogP contribution in [0.25, 0.3) is 21.9 Å². The number of aromatic nitrogens is 1. The second-order valence-electron chi connectivity index (χ2n) is 5.99. The minimum atomic E-state index is -0.892. The number of carbonyl (C=O) groups is 1. The van der Waals surface area contributed by atoms with Crippen LogP contribution in [0.2, 0.25) is 0 Å². The smallest absolute Gasteiger partial charge is 0.307 e. The number of methoxy groups -OCH3 is 1. The summed E-state index contributed by atoms with van der Waals surface area (Å²) in [7, 11) is 1.60. The van der Waals surface area contributed by atoms with Crippen LogP contribution in [0.1, 0.15) is 30.3 Å². The number of fused-ring (bicyclic) bond motifs is 1. The van der Waals surface area contributed by atoms with Gasteiger partial charge in [0.1, 0.15) is 5.01 Å². The highest BCUT2D eigenvalue weighted by atomic mass is 32.1. The molecule has 0 saturated heterocycles. The molecule has 1 heterocycles. The molecule has 1 N–H and O–H groups in total. The molecule has 5 nitrogen and oxygen atoms in total. The number of hydrogen-bond donors (Lipinski definition) is 1. The summed E-state index contributed by atoms with van der Waals surface area (Å²) >= 11 is 1.49. The summed E-state index contributed by atoms with van der Waals surface area (Å²) in [4.78, 5) is 16.0. The first-order chi connectivity index (χ1) is 13.1. The van der Waals surface area contributed by atoms with Crippen molar-refractivity contribution in [2.75, 3.05) is 13.7 Å². The Morgan fingerprint density at radius 3 is 2.74 bits per heavy atom. The van der Waals surface area contributed by atoms with Gasteiger partial charge in [-0.1, -0.05) is 25.1 Å². The Hall–Kier alpha value is -2.86. The predicted octanol–water partition coefficient (Wildman–Crippen LogP) is 5.11. The molecule has 3 aromatic rings. The van der Waals surface area contributed by atoms with E-state index in [1.807, 2.05) is 55.5 Å². The van der Waals surface area contributed by atoms with E-state index in [1.54, 1.807) is 7.11 Å². The van der Waals surface area contributed by atoms with E-state index in [9.17, 15) is 9.90 Å². The van der Waals surface area contributed by atoms with E-state index >= 15 is 0 Å². The lowest BCUT2D eigenvalue weighted by Gasteiger charge is -2.11. The van der Waals surface area contributed by atoms with E-state index in [1.165, 1.54) is 11.3 Å². The molecule has 0 unspecified atom stereocenters. The number of para-hydroxylation sites is 1. The van der Waals surface area contributed by atoms with Crippen LogP contribution in [0.5, 0.6) is 11.5 Å². The Morgan fingerprint density at radius 2 is 2.04 bits per heavy atom. The minimum Gasteiger partial charge on any atom is -0.493 e. The summed E-state index contributed by atoms with van der Waals surface area (Å²) in [5.74, 6) is 0.406. The first-order valence-corrected chi connectivity index (χ1v) is 9.51. The van der Waals surface area contributed by atoms with Crippen LogP contribution in [0.15, 0.2) is 42.5 Å². The largest absolute Gasteiger partial charge is 0.493 e. The molecule has 0 spiro atoms. The molecule has 0 aliphatic heterocycles. The normalized spacial score (nSPS) is 11.6. The Morgan fingerprint density at radius 1 is 1.22 bits per heavy atom. The molecule has 0 amide bonds. The predicted molar refractivity (Wildman–Crippen MR) is 109 cm³/mol. The van der Waals surface area contributed by atoms with Crippen molar-refractivity contribution in [3.8, 4) is 11.5 Å². The van der Waals surface area contributed by atoms with Gasteiger partial charge < -0.3 is 14.6 Å². The monoisotopic (exact) mass is 383 g/mol. The van der Waals surface area contributed by atoms with Gasteiger partial charge in [0.05, 0.1) is 30.4 Å². The number of thiazole rings is 1. The zero-order valence-corrected chi connectivity index (χ0v) is 16.1. The number of carboxylic acid groups (broad SMARTS) is 1. The minimum absolute atomic E-state index is 0.100. The Kier molecular flexibility index (Phi) is 6.08. The molecule has 3 rings (SSSR count). The topological polar surface area (TPSA) is 68.7 Å². The first-order valence-electron chi connectivity index (χ1n) is 8.70. The summed E-state index contributed by atoms with van der Waals surface area (Å²) in [5, 5.41) is 10.1. The Balaban J connectivity index is 2.01. The molecular weight excluding hydrogens is 362 g/mol. The highest BCUT2D eigenvalue weighted by molar-refractivity contribution is 7.19. The van der Waals surface area contributed by atoms with Crippen molar-refractivity contribution in [3.63, 3.8) is 0 Å². The summed E-state index contributed by atoms with van der Waals surface area (Å²) in [5.41, 5.74) is 2.38. The van der Waals surface area contributed by atoms with Crippen molar-refractivity contribution in [2.45, 2.75) is 19.8 Å². The van der Waals surface area contributed by atoms with Crippen molar-refractivity contribution in [2.24, 2.45) is 0 Å². The van der Waals surface area contributed by atoms with Crippen LogP contribution in [0.3, 0.4) is 0 Å². The van der Waals surface area contributed by atoms with Crippen LogP contribution in [0, 0.1) is 0 Å². The average Bonchev–Trinajstić information content (AvgIpc) is 3.10. The van der Waals surface area contributed by atoms with E-state index in [4.69, 9.17) is 9.47 Å². The van der Waals surface area contributed by atoms with Crippen LogP contribution >= 0.6 is 11.3 Å². The number of carboxylic acids is 1. The maximum absolute atomic E-state index is 11.4. The molecule has 0 atom stereocenters. The van der Waals surface area contributed by atoms with Crippen molar-refractivity contribution in [3.05, 3.63) is 53.0 Å². The quantitative estimate of drug-likeness (QED) is 0.585. The van der Waals surface area contributed by atoms with E-state index in [0.29, 0.717) is 28.7 Å². The van der Waals surface area contributed by atoms with E-state index < -0.39 is 5.97 Å². The Bertz CT molecular complexity index is 944. The molecule has 2 aromatic carbocycles. The number of nitrogens with zero attached hydrogens (tertiary/aromatic N) is 1. The van der Waals surface area contributed by atoms with Crippen LogP contribution in [-0.2, 0) is 4.79 Å². The number of hydrogen-bond acceptors (Lipinski definition) is 5. The molecule has 0 fully saturated rings. The maximum Gasteiger partial charge on any atom is 0.307 e. The number of benzene rings is 2. The molecule has 0 aliphatic rings. The second kappa shape index (κ2) is 8.68. The van der Waals surface area contributed by atoms with Gasteiger partial charge in [-0.05, 0) is 47.9 Å². The fourth-order valence-electron chi connectivity index (χ4n) is 2.67. The zero-order chi connectivity index (χ0) is 19.2. The average molecular weight is 383 g/mol. The molecule has 27 heavy (non-hydrogen) atoms. The third-order valence-electron chi connectivity index (χ3n) is 3.90. The van der Waals surface area contributed by atoms with Gasteiger partial charge in [0.2, 0.25) is 0 Å². The SMILES string of the molecule is CCCOc1cc(C=C(CC(=O)O)c2nc3ccccc3s2)ccc1OC. The molecule has 140 valence electrons. The number of ether oxygens (including phenoxy) is 2. The van der Waals surface area contributed by atoms with E-state index in [2.05, 4.69) is 4.98 Å². The van der Waals surface area contributed by atoms with Crippen molar-refractivity contribution in [1.82, 2.24) is 4.98 Å². The molecule has 1 aromatic heterocycles. The third-order valence-corrected chi connectivity index (χ3v) is 5.01. The standard InChI is InChI=1S/C21H21NO4S/c1-3-10-26-18-12-14(8-9-17(18)25-2)11-15(13-20(23)24)21-22-16-6-4-5-7-19(16)27-21/h4-9,11-12H,3,10,13H2,1-2H3,(H,23,24). The van der Waals surface area contributed by atoms with Gasteiger partial charge in [0, 0.05) is 0 Å². The molecule has 0 aliphatic carbocycles. The van der Waals surface area contributed by atoms with Gasteiger partial charge in [-0.25, -0.2) is 4.98 Å². The fraction of sp³-hybridized carbons (Fsp3) is 0.238. The van der Waals surface area contributed by atoms with Gasteiger partial charge in [-0.15, -0.1) is 11.3 Å². The van der Waals surface area contributed by atoms with Gasteiger partial charge in [-0.3, -0.25) is 4.79 Å². The highest BCUT2D eigenvalue weighted by Gasteiger charge is 2.13. The molecule has 6 heteroatoms. The zero-order valence-electron chi connectivity index (χ0n) is 15.3. The summed E-state index contributed by atoms with van der Waals surface area (Å²) < 4.78 is 12.1. The van der Waals surface area contributed by atoms with Crippen LogP contribution in [-0.4, -0.2) is 29.8 Å². The second-order valence-corrected chi connectivity index (χ2v) is 7.02. The molecular formula is C21H21NO4S. The van der Waals surface area contributed by atoms with Crippen molar-refractivity contribution in [1.29, 1.82) is 0 Å². The Labute approximate surface area is 161 Å². The van der Waals surface area contributed by atoms with E-state index in [0.717, 1.165) is 22.2 Å². The van der Waals surface area contributed by atoms with Crippen molar-refractivity contribution >= 4 is 39.2 Å². The van der Waals surface area contributed by atoms with Crippen molar-refractivity contribution < 1.29 is 19.4 Å². The number of rotatable bonds is 8. The van der Waals surface area contributed by atoms with Crippen LogP contribution < -0.4 is 9.47 Å². The summed E-state index contributed by atoms with van der Waals surface area (Å²) in [6.45, 7) is 2.62. The van der Waals surface area contributed by atoms with Gasteiger partial charge in [0.15, 0.2) is 11.5 Å². The highest BCUT2D eigenvalue weighted by Crippen LogP contribution is 2.33. The fourth-order valence-corrected chi connectivity index (χ4v) is 3.65. The lowest BCUT2D eigenvalue weighted by atomic mass is 10.1. The maximum atomic E-state index is 11.4. The lowest BCUT2D eigenvalue weighted by molar-refractivity contribution is -0.135. The first kappa shape index (κ1) is 18.9. The molecule has 0 bridgehead atoms.